The molecule has 3 atom stereocenters. The van der Waals surface area contributed by atoms with E-state index in [-0.39, 0.29) is 6.04 Å². The highest BCUT2D eigenvalue weighted by atomic mass is 32.1. The third-order valence-corrected chi connectivity index (χ3v) is 4.00. The van der Waals surface area contributed by atoms with E-state index >= 15 is 0 Å². The molecule has 0 radical (unpaired) electrons. The van der Waals surface area contributed by atoms with Gasteiger partial charge in [-0.1, -0.05) is 6.92 Å². The number of rotatable bonds is 4. The maximum absolute atomic E-state index is 6.26. The fourth-order valence-corrected chi connectivity index (χ4v) is 3.09. The molecule has 0 saturated carbocycles. The summed E-state index contributed by atoms with van der Waals surface area (Å²) >= 11 is 1.74. The van der Waals surface area contributed by atoms with Crippen molar-refractivity contribution in [3.63, 3.8) is 0 Å². The molecule has 1 aliphatic rings. The van der Waals surface area contributed by atoms with Crippen molar-refractivity contribution in [3.8, 4) is 0 Å². The van der Waals surface area contributed by atoms with Gasteiger partial charge in [0.25, 0.3) is 0 Å². The SMILES string of the molecule is CCC1OCCC1C(N)Cc1ccsc1. The van der Waals surface area contributed by atoms with Gasteiger partial charge >= 0.3 is 0 Å². The Morgan fingerprint density at radius 1 is 1.67 bits per heavy atom. The molecular formula is C12H19NOS. The highest BCUT2D eigenvalue weighted by Gasteiger charge is 2.31. The van der Waals surface area contributed by atoms with Gasteiger partial charge in [-0.3, -0.25) is 0 Å². The zero-order valence-electron chi connectivity index (χ0n) is 9.19. The summed E-state index contributed by atoms with van der Waals surface area (Å²) in [5.41, 5.74) is 7.63. The van der Waals surface area contributed by atoms with E-state index in [2.05, 4.69) is 23.8 Å². The number of thiophene rings is 1. The van der Waals surface area contributed by atoms with Crippen LogP contribution in [-0.4, -0.2) is 18.8 Å². The highest BCUT2D eigenvalue weighted by molar-refractivity contribution is 7.07. The molecule has 0 aliphatic carbocycles. The topological polar surface area (TPSA) is 35.2 Å². The standard InChI is InChI=1S/C12H19NOS/c1-2-12-10(3-5-14-12)11(13)7-9-4-6-15-8-9/h4,6,8,10-12H,2-3,5,7,13H2,1H3. The molecule has 84 valence electrons. The molecule has 0 aromatic carbocycles. The minimum atomic E-state index is 0.257. The van der Waals surface area contributed by atoms with Crippen LogP contribution in [0.4, 0.5) is 0 Å². The van der Waals surface area contributed by atoms with Gasteiger partial charge in [0.05, 0.1) is 6.10 Å². The highest BCUT2D eigenvalue weighted by Crippen LogP contribution is 2.27. The number of hydrogen-bond donors (Lipinski definition) is 1. The van der Waals surface area contributed by atoms with Crippen molar-refractivity contribution in [1.29, 1.82) is 0 Å². The lowest BCUT2D eigenvalue weighted by Crippen LogP contribution is -2.36. The Hall–Kier alpha value is -0.380. The van der Waals surface area contributed by atoms with Crippen LogP contribution in [0.5, 0.6) is 0 Å². The summed E-state index contributed by atoms with van der Waals surface area (Å²) in [4.78, 5) is 0. The Morgan fingerprint density at radius 2 is 2.53 bits per heavy atom. The van der Waals surface area contributed by atoms with Crippen LogP contribution >= 0.6 is 11.3 Å². The predicted molar refractivity (Wildman–Crippen MR) is 64.1 cm³/mol. The number of nitrogens with two attached hydrogens (primary N) is 1. The zero-order valence-corrected chi connectivity index (χ0v) is 10.0. The van der Waals surface area contributed by atoms with Gasteiger partial charge in [-0.25, -0.2) is 0 Å². The number of hydrogen-bond acceptors (Lipinski definition) is 3. The van der Waals surface area contributed by atoms with E-state index in [4.69, 9.17) is 10.5 Å². The normalized spacial score (nSPS) is 28.1. The van der Waals surface area contributed by atoms with Crippen molar-refractivity contribution < 1.29 is 4.74 Å². The molecule has 15 heavy (non-hydrogen) atoms. The van der Waals surface area contributed by atoms with Crippen LogP contribution < -0.4 is 5.73 Å². The molecule has 2 heterocycles. The molecule has 3 unspecified atom stereocenters. The molecule has 1 saturated heterocycles. The average Bonchev–Trinajstić information content (AvgIpc) is 2.86. The molecule has 3 heteroatoms. The van der Waals surface area contributed by atoms with Crippen molar-refractivity contribution in [1.82, 2.24) is 0 Å². The first-order chi connectivity index (χ1) is 7.31. The molecular weight excluding hydrogens is 206 g/mol. The smallest absolute Gasteiger partial charge is 0.0616 e. The third kappa shape index (κ3) is 2.60. The molecule has 1 aromatic heterocycles. The summed E-state index contributed by atoms with van der Waals surface area (Å²) in [5, 5.41) is 4.31. The first-order valence-corrected chi connectivity index (χ1v) is 6.63. The lowest BCUT2D eigenvalue weighted by molar-refractivity contribution is 0.0814. The molecule has 1 fully saturated rings. The number of ether oxygens (including phenoxy) is 1. The fraction of sp³-hybridized carbons (Fsp3) is 0.667. The Labute approximate surface area is 95.4 Å². The van der Waals surface area contributed by atoms with Crippen molar-refractivity contribution >= 4 is 11.3 Å². The second kappa shape index (κ2) is 5.10. The van der Waals surface area contributed by atoms with E-state index in [9.17, 15) is 0 Å². The minimum Gasteiger partial charge on any atom is -0.378 e. The van der Waals surface area contributed by atoms with Gasteiger partial charge < -0.3 is 10.5 Å². The molecule has 1 aromatic rings. The Kier molecular flexibility index (Phi) is 3.78. The van der Waals surface area contributed by atoms with Gasteiger partial charge in [0.15, 0.2) is 0 Å². The monoisotopic (exact) mass is 225 g/mol. The predicted octanol–water partition coefficient (Wildman–Crippen LogP) is 2.43. The summed E-state index contributed by atoms with van der Waals surface area (Å²) in [5.74, 6) is 0.551. The molecule has 2 N–H and O–H groups in total. The molecule has 0 spiro atoms. The summed E-state index contributed by atoms with van der Waals surface area (Å²) < 4.78 is 5.68. The van der Waals surface area contributed by atoms with E-state index in [1.54, 1.807) is 11.3 Å². The van der Waals surface area contributed by atoms with Crippen LogP contribution in [0.2, 0.25) is 0 Å². The summed E-state index contributed by atoms with van der Waals surface area (Å²) in [6.07, 6.45) is 3.60. The van der Waals surface area contributed by atoms with E-state index in [0.717, 1.165) is 25.9 Å². The quantitative estimate of drug-likeness (QED) is 0.854. The molecule has 1 aliphatic heterocycles. The van der Waals surface area contributed by atoms with Crippen LogP contribution in [0.15, 0.2) is 16.8 Å². The second-order valence-electron chi connectivity index (χ2n) is 4.27. The first-order valence-electron chi connectivity index (χ1n) is 5.69. The van der Waals surface area contributed by atoms with E-state index in [1.165, 1.54) is 5.56 Å². The minimum absolute atomic E-state index is 0.257. The van der Waals surface area contributed by atoms with Gasteiger partial charge in [0, 0.05) is 18.6 Å². The molecule has 0 bridgehead atoms. The van der Waals surface area contributed by atoms with Crippen LogP contribution in [0.25, 0.3) is 0 Å². The molecule has 0 amide bonds. The van der Waals surface area contributed by atoms with Crippen LogP contribution in [0, 0.1) is 5.92 Å². The molecule has 2 nitrogen and oxygen atoms in total. The van der Waals surface area contributed by atoms with Crippen LogP contribution in [-0.2, 0) is 11.2 Å². The average molecular weight is 225 g/mol. The van der Waals surface area contributed by atoms with Crippen LogP contribution in [0.3, 0.4) is 0 Å². The lowest BCUT2D eigenvalue weighted by atomic mass is 9.88. The lowest BCUT2D eigenvalue weighted by Gasteiger charge is -2.23. The first kappa shape index (κ1) is 11.1. The Bertz CT molecular complexity index is 286. The Morgan fingerprint density at radius 3 is 3.20 bits per heavy atom. The van der Waals surface area contributed by atoms with E-state index in [0.29, 0.717) is 12.0 Å². The zero-order chi connectivity index (χ0) is 10.7. The van der Waals surface area contributed by atoms with E-state index < -0.39 is 0 Å². The van der Waals surface area contributed by atoms with Gasteiger partial charge in [-0.2, -0.15) is 11.3 Å². The summed E-state index contributed by atoms with van der Waals surface area (Å²) in [7, 11) is 0. The Balaban J connectivity index is 1.92. The summed E-state index contributed by atoms with van der Waals surface area (Å²) in [6, 6.07) is 2.42. The van der Waals surface area contributed by atoms with Crippen molar-refractivity contribution in [2.24, 2.45) is 11.7 Å². The van der Waals surface area contributed by atoms with Crippen molar-refractivity contribution in [3.05, 3.63) is 22.4 Å². The van der Waals surface area contributed by atoms with Crippen LogP contribution in [0.1, 0.15) is 25.3 Å². The second-order valence-corrected chi connectivity index (χ2v) is 5.05. The van der Waals surface area contributed by atoms with Gasteiger partial charge in [0.2, 0.25) is 0 Å². The van der Waals surface area contributed by atoms with Gasteiger partial charge in [0.1, 0.15) is 0 Å². The van der Waals surface area contributed by atoms with Gasteiger partial charge in [-0.05, 0) is 41.7 Å². The van der Waals surface area contributed by atoms with Crippen molar-refractivity contribution in [2.75, 3.05) is 6.61 Å². The van der Waals surface area contributed by atoms with Gasteiger partial charge in [-0.15, -0.1) is 0 Å². The maximum Gasteiger partial charge on any atom is 0.0616 e. The summed E-state index contributed by atoms with van der Waals surface area (Å²) in [6.45, 7) is 3.07. The fourth-order valence-electron chi connectivity index (χ4n) is 2.41. The van der Waals surface area contributed by atoms with E-state index in [1.807, 2.05) is 0 Å². The van der Waals surface area contributed by atoms with Crippen molar-refractivity contribution in [2.45, 2.75) is 38.3 Å². The molecule has 2 rings (SSSR count). The largest absolute Gasteiger partial charge is 0.378 e. The third-order valence-electron chi connectivity index (χ3n) is 3.26. The maximum atomic E-state index is 6.26.